The number of hydrogen-bond acceptors (Lipinski definition) is 5. The molecular weight excluding hydrogens is 370 g/mol. The molecule has 3 aromatic rings. The number of carbonyl (C=O) groups excluding carboxylic acids is 1. The lowest BCUT2D eigenvalue weighted by atomic mass is 9.83. The largest absolute Gasteiger partial charge is 0.355 e. The fourth-order valence-corrected chi connectivity index (χ4v) is 4.31. The Kier molecular flexibility index (Phi) is 5.33. The van der Waals surface area contributed by atoms with Crippen molar-refractivity contribution in [2.45, 2.75) is 25.8 Å². The van der Waals surface area contributed by atoms with Crippen LogP contribution in [0.5, 0.6) is 0 Å². The number of rotatable bonds is 5. The third kappa shape index (κ3) is 3.88. The molecule has 5 nitrogen and oxygen atoms in total. The average Bonchev–Trinajstić information content (AvgIpc) is 3.40. The molecule has 0 radical (unpaired) electrons. The monoisotopic (exact) mass is 395 g/mol. The molecule has 146 valence electrons. The van der Waals surface area contributed by atoms with Gasteiger partial charge in [-0.2, -0.15) is 0 Å². The molecule has 28 heavy (non-hydrogen) atoms. The molecule has 4 rings (SSSR count). The molecule has 6 heteroatoms. The second kappa shape index (κ2) is 7.89. The Morgan fingerprint density at radius 2 is 1.86 bits per heavy atom. The quantitative estimate of drug-likeness (QED) is 0.655. The summed E-state index contributed by atoms with van der Waals surface area (Å²) in [5.74, 6) is 1.02. The van der Waals surface area contributed by atoms with Gasteiger partial charge >= 0.3 is 0 Å². The van der Waals surface area contributed by atoms with E-state index in [1.54, 1.807) is 11.3 Å². The maximum absolute atomic E-state index is 13.1. The van der Waals surface area contributed by atoms with Gasteiger partial charge in [0.25, 0.3) is 0 Å². The van der Waals surface area contributed by atoms with E-state index < -0.39 is 5.41 Å². The van der Waals surface area contributed by atoms with Crippen LogP contribution in [0.3, 0.4) is 0 Å². The van der Waals surface area contributed by atoms with E-state index in [2.05, 4.69) is 10.1 Å². The lowest BCUT2D eigenvalue weighted by Crippen LogP contribution is -2.52. The van der Waals surface area contributed by atoms with Crippen LogP contribution in [0.25, 0.3) is 10.6 Å². The first-order valence-electron chi connectivity index (χ1n) is 9.61. The van der Waals surface area contributed by atoms with Gasteiger partial charge < -0.3 is 9.42 Å². The molecule has 1 fully saturated rings. The summed E-state index contributed by atoms with van der Waals surface area (Å²) in [6.07, 6.45) is 0. The van der Waals surface area contributed by atoms with Crippen LogP contribution in [-0.2, 0) is 16.8 Å². The van der Waals surface area contributed by atoms with Crippen molar-refractivity contribution in [3.8, 4) is 10.6 Å². The average molecular weight is 396 g/mol. The summed E-state index contributed by atoms with van der Waals surface area (Å²) in [6.45, 7) is 7.95. The number of amides is 1. The minimum Gasteiger partial charge on any atom is -0.355 e. The zero-order valence-electron chi connectivity index (χ0n) is 16.3. The van der Waals surface area contributed by atoms with Gasteiger partial charge in [-0.3, -0.25) is 9.69 Å². The zero-order valence-corrected chi connectivity index (χ0v) is 17.1. The summed E-state index contributed by atoms with van der Waals surface area (Å²) in [6, 6.07) is 16.1. The van der Waals surface area contributed by atoms with Crippen LogP contribution in [0.1, 0.15) is 25.1 Å². The number of piperazine rings is 1. The van der Waals surface area contributed by atoms with E-state index in [1.807, 2.05) is 72.7 Å². The third-order valence-electron chi connectivity index (χ3n) is 5.40. The molecule has 0 unspecified atom stereocenters. The maximum atomic E-state index is 13.1. The van der Waals surface area contributed by atoms with Crippen LogP contribution in [-0.4, -0.2) is 47.0 Å². The smallest absolute Gasteiger partial charge is 0.232 e. The van der Waals surface area contributed by atoms with Gasteiger partial charge in [-0.15, -0.1) is 11.3 Å². The van der Waals surface area contributed by atoms with Crippen molar-refractivity contribution < 1.29 is 9.32 Å². The maximum Gasteiger partial charge on any atom is 0.232 e. The highest BCUT2D eigenvalue weighted by Gasteiger charge is 2.35. The van der Waals surface area contributed by atoms with Crippen molar-refractivity contribution in [1.29, 1.82) is 0 Å². The second-order valence-electron chi connectivity index (χ2n) is 7.72. The normalized spacial score (nSPS) is 15.7. The predicted octanol–water partition coefficient (Wildman–Crippen LogP) is 4.03. The number of aromatic nitrogens is 1. The SMILES string of the molecule is CC(C)(C(=O)N1CCN(Cc2cc(-c3cccs3)on2)CC1)c1ccccc1. The Morgan fingerprint density at radius 3 is 2.54 bits per heavy atom. The standard InChI is InChI=1S/C22H25N3O2S/c1-22(2,17-7-4-3-5-8-17)21(26)25-12-10-24(11-13-25)16-18-15-19(27-23-18)20-9-6-14-28-20/h3-9,14-15H,10-13,16H2,1-2H3. The minimum atomic E-state index is -0.509. The first-order chi connectivity index (χ1) is 13.5. The molecule has 0 N–H and O–H groups in total. The van der Waals surface area contributed by atoms with Gasteiger partial charge in [0.1, 0.15) is 0 Å². The molecule has 0 bridgehead atoms. The first-order valence-corrected chi connectivity index (χ1v) is 10.5. The van der Waals surface area contributed by atoms with E-state index >= 15 is 0 Å². The van der Waals surface area contributed by atoms with Crippen molar-refractivity contribution in [3.63, 3.8) is 0 Å². The molecule has 1 saturated heterocycles. The summed E-state index contributed by atoms with van der Waals surface area (Å²) in [7, 11) is 0. The Balaban J connectivity index is 1.34. The van der Waals surface area contributed by atoms with Crippen LogP contribution >= 0.6 is 11.3 Å². The van der Waals surface area contributed by atoms with Crippen molar-refractivity contribution >= 4 is 17.2 Å². The number of thiophene rings is 1. The van der Waals surface area contributed by atoms with Gasteiger partial charge in [-0.1, -0.05) is 41.6 Å². The predicted molar refractivity (Wildman–Crippen MR) is 111 cm³/mol. The van der Waals surface area contributed by atoms with Crippen LogP contribution in [0, 0.1) is 0 Å². The van der Waals surface area contributed by atoms with Gasteiger partial charge in [0, 0.05) is 38.8 Å². The van der Waals surface area contributed by atoms with Crippen LogP contribution in [0.2, 0.25) is 0 Å². The Bertz CT molecular complexity index is 910. The lowest BCUT2D eigenvalue weighted by molar-refractivity contribution is -0.138. The molecule has 1 aliphatic heterocycles. The minimum absolute atomic E-state index is 0.194. The summed E-state index contributed by atoms with van der Waals surface area (Å²) in [5.41, 5.74) is 1.49. The van der Waals surface area contributed by atoms with E-state index in [1.165, 1.54) is 0 Å². The van der Waals surface area contributed by atoms with Gasteiger partial charge in [-0.05, 0) is 30.9 Å². The Labute approximate surface area is 169 Å². The van der Waals surface area contributed by atoms with Gasteiger partial charge in [0.2, 0.25) is 5.91 Å². The van der Waals surface area contributed by atoms with Crippen LogP contribution < -0.4 is 0 Å². The Morgan fingerprint density at radius 1 is 1.11 bits per heavy atom. The topological polar surface area (TPSA) is 49.6 Å². The lowest BCUT2D eigenvalue weighted by Gasteiger charge is -2.38. The van der Waals surface area contributed by atoms with E-state index in [0.717, 1.165) is 54.6 Å². The van der Waals surface area contributed by atoms with Crippen LogP contribution in [0.4, 0.5) is 0 Å². The molecule has 0 spiro atoms. The summed E-state index contributed by atoms with van der Waals surface area (Å²) >= 11 is 1.65. The highest BCUT2D eigenvalue weighted by molar-refractivity contribution is 7.13. The van der Waals surface area contributed by atoms with E-state index in [9.17, 15) is 4.79 Å². The van der Waals surface area contributed by atoms with Crippen molar-refractivity contribution in [2.24, 2.45) is 0 Å². The number of carbonyl (C=O) groups is 1. The van der Waals surface area contributed by atoms with E-state index in [0.29, 0.717) is 0 Å². The fourth-order valence-electron chi connectivity index (χ4n) is 3.63. The summed E-state index contributed by atoms with van der Waals surface area (Å²) < 4.78 is 5.47. The van der Waals surface area contributed by atoms with Crippen molar-refractivity contribution in [3.05, 3.63) is 65.2 Å². The molecule has 1 amide bonds. The molecule has 0 aliphatic carbocycles. The first kappa shape index (κ1) is 18.9. The summed E-state index contributed by atoms with van der Waals surface area (Å²) in [5, 5.41) is 6.24. The molecular formula is C22H25N3O2S. The number of nitrogens with zero attached hydrogens (tertiary/aromatic N) is 3. The third-order valence-corrected chi connectivity index (χ3v) is 6.28. The zero-order chi connectivity index (χ0) is 19.6. The second-order valence-corrected chi connectivity index (χ2v) is 8.67. The molecule has 2 aromatic heterocycles. The van der Waals surface area contributed by atoms with Gasteiger partial charge in [0.15, 0.2) is 5.76 Å². The van der Waals surface area contributed by atoms with Crippen LogP contribution in [0.15, 0.2) is 58.4 Å². The van der Waals surface area contributed by atoms with Gasteiger partial charge in [-0.25, -0.2) is 0 Å². The molecule has 3 heterocycles. The fraction of sp³-hybridized carbons (Fsp3) is 0.364. The van der Waals surface area contributed by atoms with Crippen molar-refractivity contribution in [2.75, 3.05) is 26.2 Å². The van der Waals surface area contributed by atoms with E-state index in [-0.39, 0.29) is 5.91 Å². The number of benzene rings is 1. The molecule has 0 saturated carbocycles. The molecule has 1 aliphatic rings. The number of hydrogen-bond donors (Lipinski definition) is 0. The van der Waals surface area contributed by atoms with E-state index in [4.69, 9.17) is 4.52 Å². The molecule has 1 aromatic carbocycles. The Hall–Kier alpha value is -2.44. The van der Waals surface area contributed by atoms with Gasteiger partial charge in [0.05, 0.1) is 16.0 Å². The van der Waals surface area contributed by atoms with Crippen molar-refractivity contribution in [1.82, 2.24) is 15.0 Å². The highest BCUT2D eigenvalue weighted by atomic mass is 32.1. The highest BCUT2D eigenvalue weighted by Crippen LogP contribution is 2.27. The molecule has 0 atom stereocenters. The summed E-state index contributed by atoms with van der Waals surface area (Å²) in [4.78, 5) is 18.5.